The number of alkyl halides is 3. The van der Waals surface area contributed by atoms with Gasteiger partial charge in [-0.2, -0.15) is 13.2 Å². The molecule has 2 rings (SSSR count). The van der Waals surface area contributed by atoms with Crippen LogP contribution in [0.25, 0.3) is 10.8 Å². The highest BCUT2D eigenvalue weighted by atomic mass is 19.4. The predicted molar refractivity (Wildman–Crippen MR) is 119 cm³/mol. The van der Waals surface area contributed by atoms with Gasteiger partial charge in [-0.25, -0.2) is 4.79 Å². The van der Waals surface area contributed by atoms with E-state index in [1.165, 1.54) is 22.8 Å². The Morgan fingerprint density at radius 1 is 1.18 bits per heavy atom. The molecule has 10 heteroatoms. The molecule has 184 valence electrons. The molecule has 33 heavy (non-hydrogen) atoms. The molecular formula is C23H31F3N2O5. The summed E-state index contributed by atoms with van der Waals surface area (Å²) < 4.78 is 45.2. The van der Waals surface area contributed by atoms with E-state index in [1.807, 2.05) is 13.8 Å². The number of carboxylic acid groups (broad SMARTS) is 1. The summed E-state index contributed by atoms with van der Waals surface area (Å²) in [7, 11) is 0. The van der Waals surface area contributed by atoms with E-state index in [1.54, 1.807) is 20.8 Å². The molecule has 7 nitrogen and oxygen atoms in total. The summed E-state index contributed by atoms with van der Waals surface area (Å²) in [4.78, 5) is 25.1. The molecular weight excluding hydrogens is 441 g/mol. The van der Waals surface area contributed by atoms with Crippen molar-refractivity contribution < 1.29 is 32.9 Å². The number of nitrogens with one attached hydrogen (secondary N) is 1. The van der Waals surface area contributed by atoms with Crippen LogP contribution in [0.4, 0.5) is 18.0 Å². The minimum Gasteiger partial charge on any atom is -0.508 e. The van der Waals surface area contributed by atoms with E-state index in [0.717, 1.165) is 0 Å². The average molecular weight is 473 g/mol. The Balaban J connectivity index is 2.83. The maximum atomic E-state index is 13.4. The van der Waals surface area contributed by atoms with Gasteiger partial charge in [0.25, 0.3) is 5.56 Å². The Bertz CT molecular complexity index is 1060. The number of pyridine rings is 1. The van der Waals surface area contributed by atoms with Crippen LogP contribution in [-0.4, -0.2) is 33.7 Å². The molecule has 2 aromatic rings. The molecule has 0 aliphatic rings. The van der Waals surface area contributed by atoms with Crippen LogP contribution >= 0.6 is 0 Å². The van der Waals surface area contributed by atoms with Crippen LogP contribution in [0.2, 0.25) is 0 Å². The largest absolute Gasteiger partial charge is 0.508 e. The van der Waals surface area contributed by atoms with E-state index >= 15 is 0 Å². The molecule has 0 saturated carbocycles. The third-order valence-corrected chi connectivity index (χ3v) is 5.05. The highest BCUT2D eigenvalue weighted by Gasteiger charge is 2.35. The van der Waals surface area contributed by atoms with Crippen LogP contribution in [0.5, 0.6) is 11.5 Å². The minimum atomic E-state index is -4.35. The zero-order chi connectivity index (χ0) is 25.1. The number of carbonyl (C=O) groups is 1. The van der Waals surface area contributed by atoms with Gasteiger partial charge in [0.1, 0.15) is 11.5 Å². The van der Waals surface area contributed by atoms with Crippen molar-refractivity contribution in [3.05, 3.63) is 34.2 Å². The molecule has 0 aliphatic carbocycles. The van der Waals surface area contributed by atoms with Gasteiger partial charge in [-0.3, -0.25) is 4.79 Å². The summed E-state index contributed by atoms with van der Waals surface area (Å²) in [6, 6.07) is 3.14. The number of nitrogens with zero attached hydrogens (tertiary/aromatic N) is 1. The number of amides is 1. The van der Waals surface area contributed by atoms with E-state index in [0.29, 0.717) is 0 Å². The fourth-order valence-electron chi connectivity index (χ4n) is 3.67. The first kappa shape index (κ1) is 26.3. The van der Waals surface area contributed by atoms with Crippen LogP contribution in [0, 0.1) is 11.3 Å². The quantitative estimate of drug-likeness (QED) is 0.444. The van der Waals surface area contributed by atoms with Crippen LogP contribution in [0.15, 0.2) is 23.0 Å². The summed E-state index contributed by atoms with van der Waals surface area (Å²) >= 11 is 0. The first-order valence-corrected chi connectivity index (χ1v) is 10.7. The van der Waals surface area contributed by atoms with Gasteiger partial charge in [0, 0.05) is 18.4 Å². The van der Waals surface area contributed by atoms with Gasteiger partial charge >= 0.3 is 12.3 Å². The second kappa shape index (κ2) is 9.93. The Labute approximate surface area is 190 Å². The normalized spacial score (nSPS) is 13.4. The van der Waals surface area contributed by atoms with Gasteiger partial charge < -0.3 is 24.8 Å². The maximum absolute atomic E-state index is 13.4. The van der Waals surface area contributed by atoms with Crippen molar-refractivity contribution in [1.82, 2.24) is 9.88 Å². The Morgan fingerprint density at radius 3 is 2.33 bits per heavy atom. The monoisotopic (exact) mass is 472 g/mol. The summed E-state index contributed by atoms with van der Waals surface area (Å²) in [6.45, 7) is 9.03. The van der Waals surface area contributed by atoms with Crippen LogP contribution < -0.4 is 15.6 Å². The first-order chi connectivity index (χ1) is 15.1. The van der Waals surface area contributed by atoms with Crippen molar-refractivity contribution >= 4 is 16.9 Å². The second-order valence-electron chi connectivity index (χ2n) is 9.57. The van der Waals surface area contributed by atoms with Crippen LogP contribution in [0.1, 0.15) is 59.2 Å². The molecule has 3 N–H and O–H groups in total. The van der Waals surface area contributed by atoms with E-state index < -0.39 is 35.7 Å². The van der Waals surface area contributed by atoms with Gasteiger partial charge in [-0.15, -0.1) is 0 Å². The molecule has 0 spiro atoms. The lowest BCUT2D eigenvalue weighted by Gasteiger charge is -2.34. The number of aromatic hydroxyl groups is 1. The summed E-state index contributed by atoms with van der Waals surface area (Å²) in [6.07, 6.45) is -7.04. The van der Waals surface area contributed by atoms with Crippen molar-refractivity contribution in [2.45, 2.75) is 66.2 Å². The second-order valence-corrected chi connectivity index (χ2v) is 9.57. The highest BCUT2D eigenvalue weighted by molar-refractivity contribution is 5.90. The lowest BCUT2D eigenvalue weighted by Crippen LogP contribution is -2.40. The number of aromatic nitrogens is 1. The minimum absolute atomic E-state index is 0.000425. The SMILES string of the molecule is CC(C)Cn1c(C(NC(=O)O)C(C)(C)C)c(OCCCC(F)(F)F)c2cc(O)ccc2c1=O. The van der Waals surface area contributed by atoms with Gasteiger partial charge in [-0.05, 0) is 36.0 Å². The standard InChI is InChI=1S/C23H31F3N2O5/c1-13(2)12-28-17(19(22(3,4)5)27-21(31)32)18(33-10-6-9-23(24,25)26)16-11-14(29)7-8-15(16)20(28)30/h7-8,11,13,19,27,29H,6,9-10,12H2,1-5H3,(H,31,32). The molecule has 1 heterocycles. The number of phenolic OH excluding ortho intramolecular Hbond substituents is 1. The fourth-order valence-corrected chi connectivity index (χ4v) is 3.67. The molecule has 1 atom stereocenters. The van der Waals surface area contributed by atoms with Crippen molar-refractivity contribution in [3.63, 3.8) is 0 Å². The molecule has 0 bridgehead atoms. The number of fused-ring (bicyclic) bond motifs is 1. The summed E-state index contributed by atoms with van der Waals surface area (Å²) in [5, 5.41) is 22.4. The van der Waals surface area contributed by atoms with Crippen LogP contribution in [-0.2, 0) is 6.54 Å². The highest BCUT2D eigenvalue weighted by Crippen LogP contribution is 2.41. The fraction of sp³-hybridized carbons (Fsp3) is 0.565. The van der Waals surface area contributed by atoms with Gasteiger partial charge in [-0.1, -0.05) is 34.6 Å². The van der Waals surface area contributed by atoms with Crippen molar-refractivity contribution in [2.75, 3.05) is 6.61 Å². The summed E-state index contributed by atoms with van der Waals surface area (Å²) in [5.41, 5.74) is -0.913. The van der Waals surface area contributed by atoms with Gasteiger partial charge in [0.15, 0.2) is 0 Å². The lowest BCUT2D eigenvalue weighted by atomic mass is 9.83. The number of phenols is 1. The summed E-state index contributed by atoms with van der Waals surface area (Å²) in [5.74, 6) is -0.0790. The average Bonchev–Trinajstić information content (AvgIpc) is 2.64. The van der Waals surface area contributed by atoms with Crippen molar-refractivity contribution in [1.29, 1.82) is 0 Å². The van der Waals surface area contributed by atoms with Gasteiger partial charge in [0.05, 0.1) is 23.7 Å². The third-order valence-electron chi connectivity index (χ3n) is 5.05. The van der Waals surface area contributed by atoms with Crippen molar-refractivity contribution in [2.24, 2.45) is 11.3 Å². The number of hydrogen-bond acceptors (Lipinski definition) is 4. The Morgan fingerprint density at radius 2 is 1.82 bits per heavy atom. The van der Waals surface area contributed by atoms with Crippen molar-refractivity contribution in [3.8, 4) is 11.5 Å². The third kappa shape index (κ3) is 6.79. The first-order valence-electron chi connectivity index (χ1n) is 10.7. The number of benzene rings is 1. The Hall–Kier alpha value is -2.91. The number of hydrogen-bond donors (Lipinski definition) is 3. The predicted octanol–water partition coefficient (Wildman–Crippen LogP) is 5.44. The zero-order valence-corrected chi connectivity index (χ0v) is 19.4. The van der Waals surface area contributed by atoms with E-state index in [4.69, 9.17) is 4.74 Å². The van der Waals surface area contributed by atoms with E-state index in [-0.39, 0.29) is 53.5 Å². The molecule has 1 unspecified atom stereocenters. The van der Waals surface area contributed by atoms with E-state index in [9.17, 15) is 33.0 Å². The molecule has 0 aliphatic heterocycles. The Kier molecular flexibility index (Phi) is 7.92. The van der Waals surface area contributed by atoms with Crippen LogP contribution in [0.3, 0.4) is 0 Å². The molecule has 0 fully saturated rings. The zero-order valence-electron chi connectivity index (χ0n) is 19.4. The molecule has 1 aromatic carbocycles. The molecule has 0 radical (unpaired) electrons. The molecule has 1 amide bonds. The molecule has 1 aromatic heterocycles. The number of ether oxygens (including phenoxy) is 1. The maximum Gasteiger partial charge on any atom is 0.405 e. The smallest absolute Gasteiger partial charge is 0.405 e. The number of halogens is 3. The van der Waals surface area contributed by atoms with Gasteiger partial charge in [0.2, 0.25) is 0 Å². The topological polar surface area (TPSA) is 101 Å². The number of rotatable bonds is 8. The van der Waals surface area contributed by atoms with E-state index in [2.05, 4.69) is 5.32 Å². The lowest BCUT2D eigenvalue weighted by molar-refractivity contribution is -0.136. The molecule has 0 saturated heterocycles.